The maximum Gasteiger partial charge on any atom is 0.125 e. The Kier molecular flexibility index (Phi) is 6.64. The molecule has 0 saturated heterocycles. The number of hydrogen-bond donors (Lipinski definition) is 3. The molecule has 3 aromatic carbocycles. The van der Waals surface area contributed by atoms with Crippen LogP contribution in [-0.2, 0) is 18.5 Å². The summed E-state index contributed by atoms with van der Waals surface area (Å²) in [6, 6.07) is 17.0. The van der Waals surface area contributed by atoms with Gasteiger partial charge in [0.1, 0.15) is 5.75 Å². The minimum atomic E-state index is -0.00189. The smallest absolute Gasteiger partial charge is 0.125 e. The van der Waals surface area contributed by atoms with E-state index in [0.29, 0.717) is 18.8 Å². The van der Waals surface area contributed by atoms with Gasteiger partial charge in [0.2, 0.25) is 0 Å². The van der Waals surface area contributed by atoms with Crippen molar-refractivity contribution in [1.29, 1.82) is 0 Å². The number of nitrogens with one attached hydrogen (secondary N) is 2. The van der Waals surface area contributed by atoms with Crippen LogP contribution in [0.4, 0.5) is 11.4 Å². The van der Waals surface area contributed by atoms with Crippen molar-refractivity contribution in [2.75, 3.05) is 10.6 Å². The third-order valence-electron chi connectivity index (χ3n) is 6.11. The Balaban J connectivity index is 1.86. The van der Waals surface area contributed by atoms with Gasteiger partial charge in [-0.05, 0) is 97.3 Å². The van der Waals surface area contributed by atoms with E-state index in [1.165, 1.54) is 27.8 Å². The van der Waals surface area contributed by atoms with Crippen molar-refractivity contribution in [3.8, 4) is 5.75 Å². The highest BCUT2D eigenvalue weighted by molar-refractivity contribution is 5.53. The minimum Gasteiger partial charge on any atom is -0.507 e. The van der Waals surface area contributed by atoms with E-state index in [4.69, 9.17) is 0 Å². The van der Waals surface area contributed by atoms with Gasteiger partial charge in [-0.3, -0.25) is 0 Å². The fourth-order valence-electron chi connectivity index (χ4n) is 3.56. The van der Waals surface area contributed by atoms with E-state index >= 15 is 0 Å². The van der Waals surface area contributed by atoms with Crippen molar-refractivity contribution in [3.05, 3.63) is 87.5 Å². The van der Waals surface area contributed by atoms with Gasteiger partial charge in [-0.25, -0.2) is 0 Å². The molecular weight excluding hydrogens is 380 g/mol. The van der Waals surface area contributed by atoms with E-state index < -0.39 is 0 Å². The van der Waals surface area contributed by atoms with E-state index in [1.807, 2.05) is 0 Å². The quantitative estimate of drug-likeness (QED) is 0.400. The van der Waals surface area contributed by atoms with E-state index in [0.717, 1.165) is 22.5 Å². The molecule has 0 aliphatic carbocycles. The number of hydrogen-bond acceptors (Lipinski definition) is 3. The van der Waals surface area contributed by atoms with Gasteiger partial charge < -0.3 is 15.7 Å². The highest BCUT2D eigenvalue weighted by atomic mass is 16.3. The van der Waals surface area contributed by atoms with Gasteiger partial charge in [0, 0.05) is 35.6 Å². The lowest BCUT2D eigenvalue weighted by Gasteiger charge is -2.23. The Morgan fingerprint density at radius 1 is 0.645 bits per heavy atom. The van der Waals surface area contributed by atoms with Crippen LogP contribution >= 0.6 is 0 Å². The second kappa shape index (κ2) is 9.05. The van der Waals surface area contributed by atoms with Crippen LogP contribution in [-0.4, -0.2) is 5.11 Å². The summed E-state index contributed by atoms with van der Waals surface area (Å²) in [5, 5.41) is 18.0. The van der Waals surface area contributed by atoms with E-state index in [1.54, 1.807) is 0 Å². The Hall–Kier alpha value is -2.94. The van der Waals surface area contributed by atoms with Crippen molar-refractivity contribution < 1.29 is 5.11 Å². The standard InChI is InChI=1S/C28H36N2O/c1-18-8-10-25(12-20(18)3)29-16-22-14-24(28(5,6)7)15-23(27(22)31)17-30-26-11-9-19(2)21(4)13-26/h8-15,29-31H,16-17H2,1-7H3. The predicted octanol–water partition coefficient (Wildman–Crippen LogP) is 7.15. The molecule has 0 atom stereocenters. The molecule has 0 amide bonds. The van der Waals surface area contributed by atoms with Gasteiger partial charge in [-0.2, -0.15) is 0 Å². The Morgan fingerprint density at radius 3 is 1.42 bits per heavy atom. The third-order valence-corrected chi connectivity index (χ3v) is 6.11. The molecule has 31 heavy (non-hydrogen) atoms. The molecule has 3 rings (SSSR count). The van der Waals surface area contributed by atoms with E-state index in [9.17, 15) is 5.11 Å². The van der Waals surface area contributed by atoms with Crippen LogP contribution < -0.4 is 10.6 Å². The lowest BCUT2D eigenvalue weighted by molar-refractivity contribution is 0.461. The first-order valence-corrected chi connectivity index (χ1v) is 11.0. The van der Waals surface area contributed by atoms with Crippen molar-refractivity contribution in [2.24, 2.45) is 0 Å². The van der Waals surface area contributed by atoms with Crippen LogP contribution in [0.2, 0.25) is 0 Å². The SMILES string of the molecule is Cc1ccc(NCc2cc(C(C)(C)C)cc(CNc3ccc(C)c(C)c3)c2O)cc1C. The summed E-state index contributed by atoms with van der Waals surface area (Å²) in [4.78, 5) is 0. The van der Waals surface area contributed by atoms with Crippen LogP contribution in [0.3, 0.4) is 0 Å². The van der Waals surface area contributed by atoms with Crippen LogP contribution in [0, 0.1) is 27.7 Å². The minimum absolute atomic E-state index is 0.00189. The molecule has 0 saturated carbocycles. The zero-order chi connectivity index (χ0) is 22.8. The van der Waals surface area contributed by atoms with Crippen molar-refractivity contribution in [1.82, 2.24) is 0 Å². The molecule has 0 aliphatic heterocycles. The number of aromatic hydroxyl groups is 1. The second-order valence-electron chi connectivity index (χ2n) is 9.70. The maximum atomic E-state index is 11.1. The van der Waals surface area contributed by atoms with Crippen LogP contribution in [0.5, 0.6) is 5.75 Å². The highest BCUT2D eigenvalue weighted by Gasteiger charge is 2.19. The summed E-state index contributed by atoms with van der Waals surface area (Å²) < 4.78 is 0. The van der Waals surface area contributed by atoms with Crippen molar-refractivity contribution >= 4 is 11.4 Å². The molecule has 0 spiro atoms. The molecule has 3 nitrogen and oxygen atoms in total. The number of rotatable bonds is 6. The number of phenolic OH excluding ortho intramolecular Hbond substituents is 1. The molecule has 0 aromatic heterocycles. The Bertz CT molecular complexity index is 1000. The summed E-state index contributed by atoms with van der Waals surface area (Å²) >= 11 is 0. The molecule has 3 heteroatoms. The van der Waals surface area contributed by atoms with Gasteiger partial charge >= 0.3 is 0 Å². The van der Waals surface area contributed by atoms with Crippen LogP contribution in [0.25, 0.3) is 0 Å². The zero-order valence-corrected chi connectivity index (χ0v) is 20.0. The van der Waals surface area contributed by atoms with Gasteiger partial charge in [-0.15, -0.1) is 0 Å². The zero-order valence-electron chi connectivity index (χ0n) is 20.0. The molecule has 3 aromatic rings. The average molecular weight is 417 g/mol. The molecule has 0 fully saturated rings. The molecule has 164 valence electrons. The van der Waals surface area contributed by atoms with Crippen LogP contribution in [0.1, 0.15) is 59.7 Å². The lowest BCUT2D eigenvalue weighted by Crippen LogP contribution is -2.14. The van der Waals surface area contributed by atoms with Crippen LogP contribution in [0.15, 0.2) is 48.5 Å². The predicted molar refractivity (Wildman–Crippen MR) is 133 cm³/mol. The first-order chi connectivity index (χ1) is 14.5. The highest BCUT2D eigenvalue weighted by Crippen LogP contribution is 2.32. The summed E-state index contributed by atoms with van der Waals surface area (Å²) in [6.07, 6.45) is 0. The molecule has 0 unspecified atom stereocenters. The largest absolute Gasteiger partial charge is 0.507 e. The molecule has 0 bridgehead atoms. The number of aryl methyl sites for hydroxylation is 4. The molecule has 3 N–H and O–H groups in total. The van der Waals surface area contributed by atoms with Gasteiger partial charge in [0.05, 0.1) is 0 Å². The monoisotopic (exact) mass is 416 g/mol. The Morgan fingerprint density at radius 2 is 1.06 bits per heavy atom. The van der Waals surface area contributed by atoms with Gasteiger partial charge in [0.25, 0.3) is 0 Å². The third kappa shape index (κ3) is 5.61. The normalized spacial score (nSPS) is 11.5. The summed E-state index contributed by atoms with van der Waals surface area (Å²) in [6.45, 7) is 16.3. The topological polar surface area (TPSA) is 44.3 Å². The fraction of sp³-hybridized carbons (Fsp3) is 0.357. The van der Waals surface area contributed by atoms with Crippen molar-refractivity contribution in [2.45, 2.75) is 67.0 Å². The van der Waals surface area contributed by atoms with Gasteiger partial charge in [-0.1, -0.05) is 32.9 Å². The summed E-state index contributed by atoms with van der Waals surface area (Å²) in [7, 11) is 0. The van der Waals surface area contributed by atoms with E-state index in [-0.39, 0.29) is 5.41 Å². The lowest BCUT2D eigenvalue weighted by atomic mass is 9.84. The second-order valence-corrected chi connectivity index (χ2v) is 9.70. The average Bonchev–Trinajstić information content (AvgIpc) is 2.70. The number of phenols is 1. The maximum absolute atomic E-state index is 11.1. The molecular formula is C28H36N2O. The molecule has 0 heterocycles. The number of benzene rings is 3. The first kappa shape index (κ1) is 22.7. The fourth-order valence-corrected chi connectivity index (χ4v) is 3.56. The first-order valence-electron chi connectivity index (χ1n) is 11.0. The summed E-state index contributed by atoms with van der Waals surface area (Å²) in [5.74, 6) is 0.362. The van der Waals surface area contributed by atoms with Crippen molar-refractivity contribution in [3.63, 3.8) is 0 Å². The van der Waals surface area contributed by atoms with Gasteiger partial charge in [0.15, 0.2) is 0 Å². The molecule has 0 aliphatic rings. The Labute approximate surface area is 187 Å². The number of anilines is 2. The summed E-state index contributed by atoms with van der Waals surface area (Å²) in [5.41, 5.74) is 10.3. The molecule has 0 radical (unpaired) electrons. The van der Waals surface area contributed by atoms with E-state index in [2.05, 4.69) is 108 Å².